The number of phenols is 1. The molecule has 1 aromatic rings. The van der Waals surface area contributed by atoms with Crippen LogP contribution < -0.4 is 10.0 Å². The zero-order valence-electron chi connectivity index (χ0n) is 9.40. The fourth-order valence-corrected chi connectivity index (χ4v) is 2.10. The molecule has 0 aliphatic rings. The van der Waals surface area contributed by atoms with Crippen LogP contribution in [-0.4, -0.2) is 32.9 Å². The molecule has 0 aromatic heterocycles. The molecule has 0 unspecified atom stereocenters. The van der Waals surface area contributed by atoms with Crippen molar-refractivity contribution in [1.82, 2.24) is 10.0 Å². The highest BCUT2D eigenvalue weighted by Gasteiger charge is 2.08. The second-order valence-corrected chi connectivity index (χ2v) is 5.89. The van der Waals surface area contributed by atoms with Crippen LogP contribution in [0.3, 0.4) is 0 Å². The summed E-state index contributed by atoms with van der Waals surface area (Å²) < 4.78 is 24.5. The van der Waals surface area contributed by atoms with Crippen molar-refractivity contribution in [2.45, 2.75) is 6.54 Å². The van der Waals surface area contributed by atoms with Crippen molar-refractivity contribution >= 4 is 21.6 Å². The number of sulfonamides is 1. The fourth-order valence-electron chi connectivity index (χ4n) is 1.24. The summed E-state index contributed by atoms with van der Waals surface area (Å²) in [6.07, 6.45) is 0. The van der Waals surface area contributed by atoms with Crippen molar-refractivity contribution in [3.05, 3.63) is 28.8 Å². The van der Waals surface area contributed by atoms with E-state index in [0.29, 0.717) is 17.1 Å². The van der Waals surface area contributed by atoms with E-state index in [1.165, 1.54) is 13.1 Å². The zero-order chi connectivity index (χ0) is 12.9. The first-order chi connectivity index (χ1) is 7.96. The molecule has 96 valence electrons. The number of rotatable bonds is 6. The highest BCUT2D eigenvalue weighted by molar-refractivity contribution is 7.89. The van der Waals surface area contributed by atoms with Crippen LogP contribution in [0.2, 0.25) is 5.02 Å². The van der Waals surface area contributed by atoms with Crippen LogP contribution in [0, 0.1) is 0 Å². The van der Waals surface area contributed by atoms with Crippen molar-refractivity contribution in [3.63, 3.8) is 0 Å². The smallest absolute Gasteiger partial charge is 0.212 e. The normalized spacial score (nSPS) is 11.6. The molecule has 0 heterocycles. The van der Waals surface area contributed by atoms with Crippen LogP contribution in [0.1, 0.15) is 5.56 Å². The van der Waals surface area contributed by atoms with Crippen LogP contribution in [0.4, 0.5) is 0 Å². The third-order valence-corrected chi connectivity index (χ3v) is 3.97. The summed E-state index contributed by atoms with van der Waals surface area (Å²) in [4.78, 5) is 0. The molecule has 0 aliphatic heterocycles. The second-order valence-electron chi connectivity index (χ2n) is 3.44. The Morgan fingerprint density at radius 2 is 2.12 bits per heavy atom. The Kier molecular flexibility index (Phi) is 5.20. The maximum atomic E-state index is 11.1. The SMILES string of the molecule is CNS(=O)(=O)CCNCc1c(O)cccc1Cl. The molecule has 5 nitrogen and oxygen atoms in total. The Labute approximate surface area is 106 Å². The Balaban J connectivity index is 2.47. The quantitative estimate of drug-likeness (QED) is 0.669. The summed E-state index contributed by atoms with van der Waals surface area (Å²) in [5, 5.41) is 12.9. The van der Waals surface area contributed by atoms with Crippen LogP contribution in [0.15, 0.2) is 18.2 Å². The van der Waals surface area contributed by atoms with Crippen molar-refractivity contribution in [3.8, 4) is 5.75 Å². The molecule has 0 aliphatic carbocycles. The topological polar surface area (TPSA) is 78.4 Å². The lowest BCUT2D eigenvalue weighted by Crippen LogP contribution is -2.29. The predicted molar refractivity (Wildman–Crippen MR) is 67.7 cm³/mol. The van der Waals surface area contributed by atoms with Crippen LogP contribution in [0.25, 0.3) is 0 Å². The molecule has 0 atom stereocenters. The average molecular weight is 279 g/mol. The largest absolute Gasteiger partial charge is 0.508 e. The fraction of sp³-hybridized carbons (Fsp3) is 0.400. The standard InChI is InChI=1S/C10H15ClN2O3S/c1-12-17(15,16)6-5-13-7-8-9(11)3-2-4-10(8)14/h2-4,12-14H,5-7H2,1H3. The summed E-state index contributed by atoms with van der Waals surface area (Å²) in [6.45, 7) is 0.610. The van der Waals surface area contributed by atoms with Gasteiger partial charge in [0.05, 0.1) is 5.75 Å². The van der Waals surface area contributed by atoms with Gasteiger partial charge in [-0.3, -0.25) is 0 Å². The van der Waals surface area contributed by atoms with E-state index in [-0.39, 0.29) is 18.0 Å². The summed E-state index contributed by atoms with van der Waals surface area (Å²) in [6, 6.07) is 4.85. The second kappa shape index (κ2) is 6.20. The molecular formula is C10H15ClN2O3S. The molecule has 0 bridgehead atoms. The van der Waals surface area contributed by atoms with Gasteiger partial charge in [0.25, 0.3) is 0 Å². The van der Waals surface area contributed by atoms with Gasteiger partial charge >= 0.3 is 0 Å². The maximum absolute atomic E-state index is 11.1. The Bertz CT molecular complexity index is 456. The average Bonchev–Trinajstić information content (AvgIpc) is 2.27. The monoisotopic (exact) mass is 278 g/mol. The highest BCUT2D eigenvalue weighted by Crippen LogP contribution is 2.24. The molecule has 0 fully saturated rings. The number of phenolic OH excluding ortho intramolecular Hbond substituents is 1. The Hall–Kier alpha value is -0.820. The van der Waals surface area contributed by atoms with Crippen molar-refractivity contribution in [2.75, 3.05) is 19.3 Å². The van der Waals surface area contributed by atoms with Gasteiger partial charge in [0.1, 0.15) is 5.75 Å². The van der Waals surface area contributed by atoms with Gasteiger partial charge in [0, 0.05) is 23.7 Å². The van der Waals surface area contributed by atoms with Crippen LogP contribution in [-0.2, 0) is 16.6 Å². The first-order valence-corrected chi connectivity index (χ1v) is 7.07. The molecule has 0 radical (unpaired) electrons. The van der Waals surface area contributed by atoms with Crippen LogP contribution >= 0.6 is 11.6 Å². The summed E-state index contributed by atoms with van der Waals surface area (Å²) in [5.41, 5.74) is 0.566. The van der Waals surface area contributed by atoms with Crippen LogP contribution in [0.5, 0.6) is 5.75 Å². The van der Waals surface area contributed by atoms with E-state index in [0.717, 1.165) is 0 Å². The first kappa shape index (κ1) is 14.2. The summed E-state index contributed by atoms with van der Waals surface area (Å²) in [7, 11) is -1.83. The van der Waals surface area contributed by atoms with E-state index in [1.807, 2.05) is 0 Å². The van der Waals surface area contributed by atoms with Gasteiger partial charge in [-0.2, -0.15) is 0 Å². The van der Waals surface area contributed by atoms with Crippen molar-refractivity contribution < 1.29 is 13.5 Å². The third kappa shape index (κ3) is 4.51. The van der Waals surface area contributed by atoms with Gasteiger partial charge in [-0.15, -0.1) is 0 Å². The van der Waals surface area contributed by atoms with E-state index in [9.17, 15) is 13.5 Å². The third-order valence-electron chi connectivity index (χ3n) is 2.25. The number of benzene rings is 1. The minimum atomic E-state index is -3.20. The Morgan fingerprint density at radius 1 is 1.41 bits per heavy atom. The molecule has 1 rings (SSSR count). The number of aromatic hydroxyl groups is 1. The summed E-state index contributed by atoms with van der Waals surface area (Å²) >= 11 is 5.90. The molecule has 3 N–H and O–H groups in total. The van der Waals surface area contributed by atoms with E-state index >= 15 is 0 Å². The predicted octanol–water partition coefficient (Wildman–Crippen LogP) is 0.684. The zero-order valence-corrected chi connectivity index (χ0v) is 11.0. The number of halogens is 1. The van der Waals surface area contributed by atoms with Gasteiger partial charge in [0.15, 0.2) is 0 Å². The van der Waals surface area contributed by atoms with Gasteiger partial charge < -0.3 is 10.4 Å². The van der Waals surface area contributed by atoms with E-state index < -0.39 is 10.0 Å². The van der Waals surface area contributed by atoms with Gasteiger partial charge in [-0.25, -0.2) is 13.1 Å². The highest BCUT2D eigenvalue weighted by atomic mass is 35.5. The maximum Gasteiger partial charge on any atom is 0.212 e. The van der Waals surface area contributed by atoms with Crippen molar-refractivity contribution in [1.29, 1.82) is 0 Å². The van der Waals surface area contributed by atoms with E-state index in [4.69, 9.17) is 11.6 Å². The molecule has 0 amide bonds. The van der Waals surface area contributed by atoms with Crippen molar-refractivity contribution in [2.24, 2.45) is 0 Å². The molecule has 17 heavy (non-hydrogen) atoms. The molecule has 1 aromatic carbocycles. The van der Waals surface area contributed by atoms with E-state index in [2.05, 4.69) is 10.0 Å². The van der Waals surface area contributed by atoms with Gasteiger partial charge in [0.2, 0.25) is 10.0 Å². The number of hydrogen-bond acceptors (Lipinski definition) is 4. The van der Waals surface area contributed by atoms with Gasteiger partial charge in [-0.05, 0) is 19.2 Å². The first-order valence-electron chi connectivity index (χ1n) is 5.04. The van der Waals surface area contributed by atoms with Gasteiger partial charge in [-0.1, -0.05) is 17.7 Å². The Morgan fingerprint density at radius 3 is 2.71 bits per heavy atom. The summed E-state index contributed by atoms with van der Waals surface area (Å²) in [5.74, 6) is 0.0795. The minimum Gasteiger partial charge on any atom is -0.508 e. The lowest BCUT2D eigenvalue weighted by atomic mass is 10.2. The molecule has 0 spiro atoms. The minimum absolute atomic E-state index is 0.0191. The molecule has 7 heteroatoms. The number of nitrogens with one attached hydrogen (secondary N) is 2. The number of hydrogen-bond donors (Lipinski definition) is 3. The molecule has 0 saturated carbocycles. The lowest BCUT2D eigenvalue weighted by molar-refractivity contribution is 0.465. The lowest BCUT2D eigenvalue weighted by Gasteiger charge is -2.08. The molecule has 0 saturated heterocycles. The van der Waals surface area contributed by atoms with E-state index in [1.54, 1.807) is 12.1 Å². The molecular weight excluding hydrogens is 264 g/mol.